The zero-order valence-corrected chi connectivity index (χ0v) is 12.3. The lowest BCUT2D eigenvalue weighted by atomic mass is 10.0. The number of benzene rings is 1. The zero-order valence-electron chi connectivity index (χ0n) is 11.5. The van der Waals surface area contributed by atoms with Gasteiger partial charge in [0.1, 0.15) is 5.75 Å². The van der Waals surface area contributed by atoms with Crippen molar-refractivity contribution in [1.29, 1.82) is 0 Å². The number of aromatic hydroxyl groups is 1. The molecule has 2 N–H and O–H groups in total. The molecule has 0 atom stereocenters. The van der Waals surface area contributed by atoms with Crippen molar-refractivity contribution in [1.82, 2.24) is 9.03 Å². The highest BCUT2D eigenvalue weighted by Gasteiger charge is 2.29. The lowest BCUT2D eigenvalue weighted by Crippen LogP contribution is -2.50. The lowest BCUT2D eigenvalue weighted by Gasteiger charge is -2.31. The van der Waals surface area contributed by atoms with Gasteiger partial charge in [-0.1, -0.05) is 6.07 Å². The molecule has 0 saturated carbocycles. The molecule has 0 fully saturated rings. The van der Waals surface area contributed by atoms with E-state index in [-0.39, 0.29) is 5.75 Å². The molecule has 19 heavy (non-hydrogen) atoms. The van der Waals surface area contributed by atoms with Crippen molar-refractivity contribution < 1.29 is 13.5 Å². The van der Waals surface area contributed by atoms with Gasteiger partial charge in [0.2, 0.25) is 0 Å². The van der Waals surface area contributed by atoms with Gasteiger partial charge < -0.3 is 5.11 Å². The molecule has 1 aliphatic heterocycles. The lowest BCUT2D eigenvalue weighted by molar-refractivity contribution is 0.366. The summed E-state index contributed by atoms with van der Waals surface area (Å²) in [5, 5.41) is 9.48. The third kappa shape index (κ3) is 3.46. The first kappa shape index (κ1) is 14.3. The molecule has 0 saturated heterocycles. The van der Waals surface area contributed by atoms with Gasteiger partial charge in [-0.15, -0.1) is 0 Å². The minimum Gasteiger partial charge on any atom is -0.508 e. The maximum absolute atomic E-state index is 12.2. The largest absolute Gasteiger partial charge is 0.508 e. The van der Waals surface area contributed by atoms with Gasteiger partial charge in [0.15, 0.2) is 0 Å². The van der Waals surface area contributed by atoms with Crippen LogP contribution in [-0.2, 0) is 23.2 Å². The molecule has 106 valence electrons. The standard InChI is InChI=1S/C13H20N2O3S/c1-13(2,3)14-19(17,18)15-7-6-10-4-5-12(16)8-11(10)9-15/h4-5,8,14,16H,6-7,9H2,1-3H3. The zero-order chi connectivity index (χ0) is 14.3. The number of fused-ring (bicyclic) bond motifs is 1. The Morgan fingerprint density at radius 1 is 1.26 bits per heavy atom. The molecule has 0 bridgehead atoms. The van der Waals surface area contributed by atoms with Crippen LogP contribution < -0.4 is 4.72 Å². The molecule has 1 heterocycles. The van der Waals surface area contributed by atoms with Gasteiger partial charge >= 0.3 is 0 Å². The van der Waals surface area contributed by atoms with Gasteiger partial charge in [0, 0.05) is 18.6 Å². The van der Waals surface area contributed by atoms with Crippen LogP contribution in [0.25, 0.3) is 0 Å². The van der Waals surface area contributed by atoms with Crippen LogP contribution in [0.2, 0.25) is 0 Å². The normalized spacial score (nSPS) is 17.2. The first-order chi connectivity index (χ1) is 8.67. The van der Waals surface area contributed by atoms with Crippen LogP contribution in [0.3, 0.4) is 0 Å². The van der Waals surface area contributed by atoms with E-state index < -0.39 is 15.7 Å². The van der Waals surface area contributed by atoms with Crippen LogP contribution in [0.5, 0.6) is 5.75 Å². The van der Waals surface area contributed by atoms with Crippen LogP contribution in [0.1, 0.15) is 31.9 Å². The highest BCUT2D eigenvalue weighted by molar-refractivity contribution is 7.87. The summed E-state index contributed by atoms with van der Waals surface area (Å²) in [4.78, 5) is 0. The highest BCUT2D eigenvalue weighted by Crippen LogP contribution is 2.24. The number of nitrogens with one attached hydrogen (secondary N) is 1. The molecule has 0 spiro atoms. The fraction of sp³-hybridized carbons (Fsp3) is 0.538. The van der Waals surface area contributed by atoms with E-state index in [1.165, 1.54) is 4.31 Å². The van der Waals surface area contributed by atoms with E-state index in [1.54, 1.807) is 12.1 Å². The Morgan fingerprint density at radius 2 is 1.95 bits per heavy atom. The van der Waals surface area contributed by atoms with E-state index in [0.717, 1.165) is 11.1 Å². The number of phenols is 1. The average Bonchev–Trinajstić information content (AvgIpc) is 2.24. The molecule has 1 aromatic carbocycles. The maximum Gasteiger partial charge on any atom is 0.280 e. The Morgan fingerprint density at radius 3 is 2.58 bits per heavy atom. The second-order valence-corrected chi connectivity index (χ2v) is 7.56. The summed E-state index contributed by atoms with van der Waals surface area (Å²) in [5.41, 5.74) is 1.46. The first-order valence-corrected chi connectivity index (χ1v) is 7.71. The molecule has 0 unspecified atom stereocenters. The summed E-state index contributed by atoms with van der Waals surface area (Å²) in [5.74, 6) is 0.168. The van der Waals surface area contributed by atoms with Crippen molar-refractivity contribution in [3.63, 3.8) is 0 Å². The molecule has 0 aliphatic carbocycles. The molecule has 6 heteroatoms. The number of rotatable bonds is 2. The SMILES string of the molecule is CC(C)(C)NS(=O)(=O)N1CCc2ccc(O)cc2C1. The third-order valence-electron chi connectivity index (χ3n) is 2.94. The van der Waals surface area contributed by atoms with Crippen molar-refractivity contribution in [2.45, 2.75) is 39.3 Å². The second-order valence-electron chi connectivity index (χ2n) is 5.89. The molecule has 0 amide bonds. The summed E-state index contributed by atoms with van der Waals surface area (Å²) in [6, 6.07) is 5.12. The van der Waals surface area contributed by atoms with E-state index in [0.29, 0.717) is 19.5 Å². The van der Waals surface area contributed by atoms with Crippen LogP contribution >= 0.6 is 0 Å². The van der Waals surface area contributed by atoms with Crippen LogP contribution in [0, 0.1) is 0 Å². The van der Waals surface area contributed by atoms with Gasteiger partial charge in [0.25, 0.3) is 10.2 Å². The van der Waals surface area contributed by atoms with Crippen LogP contribution in [-0.4, -0.2) is 29.9 Å². The summed E-state index contributed by atoms with van der Waals surface area (Å²) in [6.07, 6.45) is 0.667. The Hall–Kier alpha value is -1.11. The summed E-state index contributed by atoms with van der Waals surface area (Å²) >= 11 is 0. The minimum atomic E-state index is -3.49. The van der Waals surface area contributed by atoms with E-state index >= 15 is 0 Å². The van der Waals surface area contributed by atoms with Gasteiger partial charge in [-0.3, -0.25) is 0 Å². The van der Waals surface area contributed by atoms with Crippen molar-refractivity contribution in [3.05, 3.63) is 29.3 Å². The molecule has 0 aromatic heterocycles. The summed E-state index contributed by atoms with van der Waals surface area (Å²) in [7, 11) is -3.49. The van der Waals surface area contributed by atoms with Gasteiger partial charge in [0.05, 0.1) is 0 Å². The van der Waals surface area contributed by atoms with Crippen molar-refractivity contribution >= 4 is 10.2 Å². The van der Waals surface area contributed by atoms with Crippen molar-refractivity contribution in [2.75, 3.05) is 6.54 Å². The molecule has 1 aliphatic rings. The van der Waals surface area contributed by atoms with Crippen LogP contribution in [0.4, 0.5) is 0 Å². The predicted octanol–water partition coefficient (Wildman–Crippen LogP) is 1.38. The van der Waals surface area contributed by atoms with E-state index in [9.17, 15) is 13.5 Å². The topological polar surface area (TPSA) is 69.6 Å². The molecule has 2 rings (SSSR count). The second kappa shape index (κ2) is 4.77. The third-order valence-corrected chi connectivity index (χ3v) is 4.80. The Bertz CT molecular complexity index is 576. The monoisotopic (exact) mass is 284 g/mol. The Kier molecular flexibility index (Phi) is 3.59. The van der Waals surface area contributed by atoms with Crippen LogP contribution in [0.15, 0.2) is 18.2 Å². The summed E-state index contributed by atoms with van der Waals surface area (Å²) in [6.45, 7) is 6.20. The van der Waals surface area contributed by atoms with Gasteiger partial charge in [-0.25, -0.2) is 0 Å². The average molecular weight is 284 g/mol. The van der Waals surface area contributed by atoms with Crippen molar-refractivity contribution in [2.24, 2.45) is 0 Å². The first-order valence-electron chi connectivity index (χ1n) is 6.27. The number of hydrogen-bond acceptors (Lipinski definition) is 3. The molecule has 0 radical (unpaired) electrons. The predicted molar refractivity (Wildman–Crippen MR) is 74.0 cm³/mol. The summed E-state index contributed by atoms with van der Waals surface area (Å²) < 4.78 is 28.6. The Labute approximate surface area is 114 Å². The number of nitrogens with zero attached hydrogens (tertiary/aromatic N) is 1. The molecular weight excluding hydrogens is 264 g/mol. The smallest absolute Gasteiger partial charge is 0.280 e. The fourth-order valence-electron chi connectivity index (χ4n) is 2.17. The highest BCUT2D eigenvalue weighted by atomic mass is 32.2. The molecular formula is C13H20N2O3S. The van der Waals surface area contributed by atoms with E-state index in [4.69, 9.17) is 0 Å². The molecule has 5 nitrogen and oxygen atoms in total. The Balaban J connectivity index is 2.22. The molecule has 1 aromatic rings. The quantitative estimate of drug-likeness (QED) is 0.862. The maximum atomic E-state index is 12.2. The van der Waals surface area contributed by atoms with Gasteiger partial charge in [-0.2, -0.15) is 17.4 Å². The minimum absolute atomic E-state index is 0.168. The number of hydrogen-bond donors (Lipinski definition) is 2. The van der Waals surface area contributed by atoms with Gasteiger partial charge in [-0.05, 0) is 50.5 Å². The van der Waals surface area contributed by atoms with E-state index in [1.807, 2.05) is 26.8 Å². The fourth-order valence-corrected chi connectivity index (χ4v) is 3.72. The van der Waals surface area contributed by atoms with Crippen molar-refractivity contribution in [3.8, 4) is 5.75 Å². The van der Waals surface area contributed by atoms with E-state index in [2.05, 4.69) is 4.72 Å². The number of phenolic OH excluding ortho intramolecular Hbond substituents is 1.